The molecule has 0 N–H and O–H groups in total. The topological polar surface area (TPSA) is 35.5 Å². The highest BCUT2D eigenvalue weighted by Gasteiger charge is 1.92. The molecule has 1 aromatic rings. The molecule has 3 nitrogen and oxygen atoms in total. The SMILES string of the molecule is COc1ccc(C/C=C/OC(C)=O)cc1. The average Bonchev–Trinajstić information content (AvgIpc) is 2.25. The number of esters is 1. The Labute approximate surface area is 89.3 Å². The quantitative estimate of drug-likeness (QED) is 0.560. The lowest BCUT2D eigenvalue weighted by Crippen LogP contribution is -1.90. The van der Waals surface area contributed by atoms with Gasteiger partial charge in [0.1, 0.15) is 5.75 Å². The van der Waals surface area contributed by atoms with Crippen LogP contribution in [0.25, 0.3) is 0 Å². The van der Waals surface area contributed by atoms with Crippen LogP contribution in [-0.4, -0.2) is 13.1 Å². The zero-order valence-corrected chi connectivity index (χ0v) is 8.90. The zero-order valence-electron chi connectivity index (χ0n) is 8.90. The van der Waals surface area contributed by atoms with Crippen LogP contribution in [0.3, 0.4) is 0 Å². The molecular formula is C12H14O3. The summed E-state index contributed by atoms with van der Waals surface area (Å²) >= 11 is 0. The second-order valence-electron chi connectivity index (χ2n) is 3.03. The van der Waals surface area contributed by atoms with Gasteiger partial charge in [-0.25, -0.2) is 0 Å². The van der Waals surface area contributed by atoms with Crippen LogP contribution >= 0.6 is 0 Å². The van der Waals surface area contributed by atoms with E-state index < -0.39 is 0 Å². The predicted molar refractivity (Wildman–Crippen MR) is 57.6 cm³/mol. The Morgan fingerprint density at radius 2 is 2.00 bits per heavy atom. The van der Waals surface area contributed by atoms with Crippen molar-refractivity contribution in [1.82, 2.24) is 0 Å². The number of carbonyl (C=O) groups is 1. The van der Waals surface area contributed by atoms with Gasteiger partial charge >= 0.3 is 5.97 Å². The van der Waals surface area contributed by atoms with Crippen LogP contribution in [0.2, 0.25) is 0 Å². The third kappa shape index (κ3) is 4.31. The second kappa shape index (κ2) is 5.86. The van der Waals surface area contributed by atoms with Gasteiger partial charge in [0.2, 0.25) is 0 Å². The Balaban J connectivity index is 2.44. The first-order valence-corrected chi connectivity index (χ1v) is 4.67. The Morgan fingerprint density at radius 3 is 2.53 bits per heavy atom. The van der Waals surface area contributed by atoms with E-state index in [2.05, 4.69) is 4.74 Å². The van der Waals surface area contributed by atoms with E-state index in [9.17, 15) is 4.79 Å². The van der Waals surface area contributed by atoms with Gasteiger partial charge in [0, 0.05) is 6.92 Å². The molecule has 1 rings (SSSR count). The normalized spacial score (nSPS) is 10.3. The van der Waals surface area contributed by atoms with E-state index >= 15 is 0 Å². The first-order valence-electron chi connectivity index (χ1n) is 4.67. The Hall–Kier alpha value is -1.77. The van der Waals surface area contributed by atoms with Crippen molar-refractivity contribution < 1.29 is 14.3 Å². The molecule has 0 radical (unpaired) electrons. The van der Waals surface area contributed by atoms with E-state index in [1.165, 1.54) is 13.2 Å². The molecule has 0 fully saturated rings. The number of rotatable bonds is 4. The lowest BCUT2D eigenvalue weighted by Gasteiger charge is -2.00. The van der Waals surface area contributed by atoms with Crippen molar-refractivity contribution in [3.05, 3.63) is 42.2 Å². The van der Waals surface area contributed by atoms with Gasteiger partial charge in [0.25, 0.3) is 0 Å². The summed E-state index contributed by atoms with van der Waals surface area (Å²) in [7, 11) is 1.63. The van der Waals surface area contributed by atoms with Crippen LogP contribution in [0.5, 0.6) is 5.75 Å². The van der Waals surface area contributed by atoms with Crippen LogP contribution < -0.4 is 4.74 Å². The lowest BCUT2D eigenvalue weighted by molar-refractivity contribution is -0.135. The summed E-state index contributed by atoms with van der Waals surface area (Å²) in [5.41, 5.74) is 1.14. The highest BCUT2D eigenvalue weighted by Crippen LogP contribution is 2.11. The van der Waals surface area contributed by atoms with E-state index in [0.717, 1.165) is 17.7 Å². The summed E-state index contributed by atoms with van der Waals surface area (Å²) in [6, 6.07) is 7.73. The number of methoxy groups -OCH3 is 1. The number of carbonyl (C=O) groups excluding carboxylic acids is 1. The number of hydrogen-bond donors (Lipinski definition) is 0. The fourth-order valence-electron chi connectivity index (χ4n) is 1.09. The minimum Gasteiger partial charge on any atom is -0.497 e. The molecule has 0 saturated carbocycles. The van der Waals surface area contributed by atoms with E-state index in [1.807, 2.05) is 24.3 Å². The van der Waals surface area contributed by atoms with Crippen molar-refractivity contribution in [3.63, 3.8) is 0 Å². The van der Waals surface area contributed by atoms with Gasteiger partial charge < -0.3 is 9.47 Å². The third-order valence-corrected chi connectivity index (χ3v) is 1.84. The molecule has 0 unspecified atom stereocenters. The molecule has 15 heavy (non-hydrogen) atoms. The Kier molecular flexibility index (Phi) is 4.41. The summed E-state index contributed by atoms with van der Waals surface area (Å²) in [6.07, 6.45) is 3.94. The van der Waals surface area contributed by atoms with E-state index in [1.54, 1.807) is 13.2 Å². The first-order chi connectivity index (χ1) is 7.22. The van der Waals surface area contributed by atoms with Gasteiger partial charge in [0.15, 0.2) is 0 Å². The lowest BCUT2D eigenvalue weighted by atomic mass is 10.1. The first kappa shape index (κ1) is 11.3. The van der Waals surface area contributed by atoms with E-state index in [0.29, 0.717) is 0 Å². The van der Waals surface area contributed by atoms with E-state index in [4.69, 9.17) is 4.74 Å². The minimum atomic E-state index is -0.305. The molecule has 0 amide bonds. The number of ether oxygens (including phenoxy) is 2. The summed E-state index contributed by atoms with van der Waals surface area (Å²) in [6.45, 7) is 1.37. The van der Waals surface area contributed by atoms with Crippen molar-refractivity contribution in [3.8, 4) is 5.75 Å². The van der Waals surface area contributed by atoms with Crippen molar-refractivity contribution in [2.45, 2.75) is 13.3 Å². The van der Waals surface area contributed by atoms with Gasteiger partial charge in [-0.2, -0.15) is 0 Å². The van der Waals surface area contributed by atoms with Crippen LogP contribution in [0.15, 0.2) is 36.6 Å². The molecule has 0 aliphatic rings. The fraction of sp³-hybridized carbons (Fsp3) is 0.250. The monoisotopic (exact) mass is 206 g/mol. The van der Waals surface area contributed by atoms with Crippen LogP contribution in [0, 0.1) is 0 Å². The van der Waals surface area contributed by atoms with Gasteiger partial charge in [0.05, 0.1) is 13.4 Å². The summed E-state index contributed by atoms with van der Waals surface area (Å²) in [5.74, 6) is 0.531. The molecule has 0 saturated heterocycles. The molecule has 0 aromatic heterocycles. The van der Waals surface area contributed by atoms with Gasteiger partial charge in [-0.1, -0.05) is 12.1 Å². The molecule has 0 atom stereocenters. The fourth-order valence-corrected chi connectivity index (χ4v) is 1.09. The zero-order chi connectivity index (χ0) is 11.1. The minimum absolute atomic E-state index is 0.305. The van der Waals surface area contributed by atoms with Gasteiger partial charge in [-0.3, -0.25) is 4.79 Å². The third-order valence-electron chi connectivity index (χ3n) is 1.84. The standard InChI is InChI=1S/C12H14O3/c1-10(13)15-9-3-4-11-5-7-12(14-2)8-6-11/h3,5-9H,4H2,1-2H3/b9-3+. The summed E-state index contributed by atoms with van der Waals surface area (Å²) in [4.78, 5) is 10.4. The van der Waals surface area contributed by atoms with Crippen molar-refractivity contribution in [1.29, 1.82) is 0 Å². The number of hydrogen-bond acceptors (Lipinski definition) is 3. The molecule has 0 aliphatic carbocycles. The van der Waals surface area contributed by atoms with Crippen molar-refractivity contribution >= 4 is 5.97 Å². The second-order valence-corrected chi connectivity index (χ2v) is 3.03. The predicted octanol–water partition coefficient (Wildman–Crippen LogP) is 2.31. The van der Waals surface area contributed by atoms with Crippen LogP contribution in [-0.2, 0) is 16.0 Å². The summed E-state index contributed by atoms with van der Waals surface area (Å²) in [5, 5.41) is 0. The van der Waals surface area contributed by atoms with Gasteiger partial charge in [-0.15, -0.1) is 0 Å². The molecule has 1 aromatic carbocycles. The molecule has 0 heterocycles. The maximum Gasteiger partial charge on any atom is 0.307 e. The summed E-state index contributed by atoms with van der Waals surface area (Å²) < 4.78 is 9.70. The maximum absolute atomic E-state index is 10.4. The van der Waals surface area contributed by atoms with Crippen molar-refractivity contribution in [2.75, 3.05) is 7.11 Å². The average molecular weight is 206 g/mol. The molecule has 3 heteroatoms. The highest BCUT2D eigenvalue weighted by atomic mass is 16.5. The molecule has 80 valence electrons. The Bertz CT molecular complexity index is 338. The Morgan fingerprint density at radius 1 is 1.33 bits per heavy atom. The van der Waals surface area contributed by atoms with Crippen molar-refractivity contribution in [2.24, 2.45) is 0 Å². The van der Waals surface area contributed by atoms with E-state index in [-0.39, 0.29) is 5.97 Å². The smallest absolute Gasteiger partial charge is 0.307 e. The molecule has 0 aliphatic heterocycles. The number of benzene rings is 1. The van der Waals surface area contributed by atoms with Crippen LogP contribution in [0.4, 0.5) is 0 Å². The molecule has 0 spiro atoms. The molecular weight excluding hydrogens is 192 g/mol. The highest BCUT2D eigenvalue weighted by molar-refractivity contribution is 5.66. The maximum atomic E-state index is 10.4. The van der Waals surface area contributed by atoms with Gasteiger partial charge in [-0.05, 0) is 30.2 Å². The molecule has 0 bridgehead atoms. The number of allylic oxidation sites excluding steroid dienone is 1. The largest absolute Gasteiger partial charge is 0.497 e. The van der Waals surface area contributed by atoms with Crippen LogP contribution in [0.1, 0.15) is 12.5 Å².